The summed E-state index contributed by atoms with van der Waals surface area (Å²) in [6, 6.07) is 0. The smallest absolute Gasteiger partial charge is 0.410 e. The summed E-state index contributed by atoms with van der Waals surface area (Å²) in [5.41, 5.74) is -0.898. The molecule has 0 fully saturated rings. The predicted octanol–water partition coefficient (Wildman–Crippen LogP) is 0.848. The first-order chi connectivity index (χ1) is 6.13. The van der Waals surface area contributed by atoms with Gasteiger partial charge in [-0.05, 0) is 11.5 Å². The van der Waals surface area contributed by atoms with E-state index < -0.39 is 16.6 Å². The molecule has 0 unspecified atom stereocenters. The molecule has 68 valence electrons. The van der Waals surface area contributed by atoms with E-state index in [1.165, 1.54) is 11.6 Å². The molecule has 0 saturated carbocycles. The fourth-order valence-electron chi connectivity index (χ4n) is 0.645. The van der Waals surface area contributed by atoms with Crippen molar-refractivity contribution in [3.8, 4) is 0 Å². The predicted molar refractivity (Wildman–Crippen MR) is 46.9 cm³/mol. The number of rotatable bonds is 2. The molecule has 0 aromatic carbocycles. The number of aliphatic carboxylic acids is 1. The molecule has 1 rings (SSSR count). The van der Waals surface area contributed by atoms with Crippen molar-refractivity contribution in [2.24, 2.45) is 4.99 Å². The minimum absolute atomic E-state index is 0.111. The second-order valence-corrected chi connectivity index (χ2v) is 2.84. The molecule has 6 nitrogen and oxygen atoms in total. The van der Waals surface area contributed by atoms with Crippen molar-refractivity contribution in [3.63, 3.8) is 0 Å². The lowest BCUT2D eigenvalue weighted by molar-refractivity contribution is -0.421. The highest BCUT2D eigenvalue weighted by Gasteiger charge is 2.27. The van der Waals surface area contributed by atoms with Crippen LogP contribution in [-0.4, -0.2) is 22.2 Å². The Bertz CT molecular complexity index is 329. The first-order valence-electron chi connectivity index (χ1n) is 3.10. The van der Waals surface area contributed by atoms with Gasteiger partial charge in [-0.25, -0.2) is 9.79 Å². The third kappa shape index (κ3) is 2.15. The van der Waals surface area contributed by atoms with E-state index in [0.717, 1.165) is 11.8 Å². The zero-order valence-corrected chi connectivity index (χ0v) is 7.02. The van der Waals surface area contributed by atoms with Crippen LogP contribution in [0.5, 0.6) is 0 Å². The van der Waals surface area contributed by atoms with Gasteiger partial charge in [0.2, 0.25) is 0 Å². The van der Waals surface area contributed by atoms with E-state index in [1.54, 1.807) is 6.08 Å². The van der Waals surface area contributed by atoms with Crippen LogP contribution in [0.4, 0.5) is 0 Å². The zero-order chi connectivity index (χ0) is 9.84. The van der Waals surface area contributed by atoms with Crippen LogP contribution in [0.1, 0.15) is 0 Å². The monoisotopic (exact) mass is 200 g/mol. The van der Waals surface area contributed by atoms with Crippen LogP contribution in [0.15, 0.2) is 27.2 Å². The number of hydrogen-bond donors (Lipinski definition) is 1. The maximum atomic E-state index is 10.4. The summed E-state index contributed by atoms with van der Waals surface area (Å²) in [5, 5.41) is 20.2. The van der Waals surface area contributed by atoms with Gasteiger partial charge in [0.15, 0.2) is 5.03 Å². The highest BCUT2D eigenvalue weighted by atomic mass is 32.2. The van der Waals surface area contributed by atoms with Gasteiger partial charge in [-0.1, -0.05) is 11.8 Å². The van der Waals surface area contributed by atoms with Crippen molar-refractivity contribution in [3.05, 3.63) is 32.3 Å². The fourth-order valence-corrected chi connectivity index (χ4v) is 1.32. The van der Waals surface area contributed by atoms with E-state index in [9.17, 15) is 14.9 Å². The maximum Gasteiger partial charge on any atom is 0.410 e. The molecule has 7 heteroatoms. The summed E-state index contributed by atoms with van der Waals surface area (Å²) in [4.78, 5) is 23.3. The summed E-state index contributed by atoms with van der Waals surface area (Å²) in [7, 11) is 0. The first kappa shape index (κ1) is 9.46. The van der Waals surface area contributed by atoms with Gasteiger partial charge in [0.1, 0.15) is 0 Å². The number of nitrogens with zero attached hydrogens (tertiary/aromatic N) is 2. The Hall–Kier alpha value is -1.63. The lowest BCUT2D eigenvalue weighted by atomic mass is 10.5. The third-order valence-corrected chi connectivity index (χ3v) is 1.94. The molecule has 0 aromatic rings. The summed E-state index contributed by atoms with van der Waals surface area (Å²) in [6.07, 6.45) is 2.87. The molecule has 13 heavy (non-hydrogen) atoms. The van der Waals surface area contributed by atoms with E-state index in [-0.39, 0.29) is 5.03 Å². The summed E-state index contributed by atoms with van der Waals surface area (Å²) < 4.78 is 0. The Morgan fingerprint density at radius 3 is 2.77 bits per heavy atom. The summed E-state index contributed by atoms with van der Waals surface area (Å²) in [6.45, 7) is 0. The van der Waals surface area contributed by atoms with E-state index in [0.29, 0.717) is 0 Å². The number of carboxylic acid groups (broad SMARTS) is 1. The molecule has 1 heterocycles. The molecule has 0 saturated heterocycles. The second kappa shape index (κ2) is 3.85. The highest BCUT2D eigenvalue weighted by molar-refractivity contribution is 8.05. The third-order valence-electron chi connectivity index (χ3n) is 1.12. The van der Waals surface area contributed by atoms with Crippen LogP contribution in [0, 0.1) is 10.1 Å². The van der Waals surface area contributed by atoms with Crippen molar-refractivity contribution in [2.75, 3.05) is 0 Å². The molecule has 0 atom stereocenters. The van der Waals surface area contributed by atoms with Gasteiger partial charge in [-0.3, -0.25) is 10.1 Å². The van der Waals surface area contributed by atoms with Gasteiger partial charge >= 0.3 is 11.7 Å². The van der Waals surface area contributed by atoms with Gasteiger partial charge in [0.25, 0.3) is 0 Å². The van der Waals surface area contributed by atoms with E-state index >= 15 is 0 Å². The Labute approximate surface area is 76.8 Å². The molecular formula is C6H4N2O4S. The standard InChI is InChI=1S/C6H4N2O4S/c9-6(10)4(8(11)12)5-7-2-1-3-13-5/h1-3H,(H,9,10). The number of nitro groups is 1. The number of carboxylic acids is 1. The van der Waals surface area contributed by atoms with Crippen LogP contribution < -0.4 is 0 Å². The average molecular weight is 200 g/mol. The minimum Gasteiger partial charge on any atom is -0.473 e. The second-order valence-electron chi connectivity index (χ2n) is 1.94. The van der Waals surface area contributed by atoms with Crippen LogP contribution >= 0.6 is 11.8 Å². The minimum atomic E-state index is -1.58. The van der Waals surface area contributed by atoms with Crippen molar-refractivity contribution >= 4 is 23.9 Å². The molecule has 0 spiro atoms. The Balaban J connectivity index is 3.10. The van der Waals surface area contributed by atoms with Crippen LogP contribution in [0.3, 0.4) is 0 Å². The lowest BCUT2D eigenvalue weighted by Crippen LogP contribution is -2.12. The molecule has 0 radical (unpaired) electrons. The largest absolute Gasteiger partial charge is 0.473 e. The first-order valence-corrected chi connectivity index (χ1v) is 3.98. The summed E-state index contributed by atoms with van der Waals surface area (Å²) in [5.74, 6) is -1.58. The molecular weight excluding hydrogens is 196 g/mol. The lowest BCUT2D eigenvalue weighted by Gasteiger charge is -1.99. The summed E-state index contributed by atoms with van der Waals surface area (Å²) >= 11 is 0.907. The number of thioether (sulfide) groups is 1. The van der Waals surface area contributed by atoms with Gasteiger partial charge in [-0.2, -0.15) is 0 Å². The number of allylic oxidation sites excluding steroid dienone is 1. The molecule has 1 aliphatic rings. The molecule has 0 aromatic heterocycles. The van der Waals surface area contributed by atoms with Gasteiger partial charge in [-0.15, -0.1) is 0 Å². The Kier molecular flexibility index (Phi) is 2.80. The normalized spacial score (nSPS) is 18.5. The molecule has 1 N–H and O–H groups in total. The van der Waals surface area contributed by atoms with Crippen molar-refractivity contribution < 1.29 is 14.8 Å². The van der Waals surface area contributed by atoms with E-state index in [2.05, 4.69) is 4.99 Å². The molecule has 1 aliphatic heterocycles. The maximum absolute atomic E-state index is 10.4. The highest BCUT2D eigenvalue weighted by Crippen LogP contribution is 2.24. The quantitative estimate of drug-likeness (QED) is 0.405. The fraction of sp³-hybridized carbons (Fsp3) is 0. The van der Waals surface area contributed by atoms with Gasteiger partial charge in [0.05, 0.1) is 4.92 Å². The van der Waals surface area contributed by atoms with E-state index in [1.807, 2.05) is 0 Å². The number of carbonyl (C=O) groups is 1. The van der Waals surface area contributed by atoms with Gasteiger partial charge in [0, 0.05) is 6.21 Å². The zero-order valence-electron chi connectivity index (χ0n) is 6.21. The topological polar surface area (TPSA) is 92.8 Å². The van der Waals surface area contributed by atoms with Crippen molar-refractivity contribution in [1.29, 1.82) is 0 Å². The molecule has 0 amide bonds. The van der Waals surface area contributed by atoms with Crippen LogP contribution in [-0.2, 0) is 4.79 Å². The SMILES string of the molecule is O=C(O)C(=C1N=CC=CS1)[N+](=O)[O-]. The van der Waals surface area contributed by atoms with Crippen LogP contribution in [0.25, 0.3) is 0 Å². The van der Waals surface area contributed by atoms with Crippen molar-refractivity contribution in [1.82, 2.24) is 0 Å². The van der Waals surface area contributed by atoms with E-state index in [4.69, 9.17) is 5.11 Å². The Morgan fingerprint density at radius 2 is 2.38 bits per heavy atom. The molecule has 0 bridgehead atoms. The molecule has 0 aliphatic carbocycles. The number of aliphatic imine (C=N–C) groups is 1. The van der Waals surface area contributed by atoms with Crippen molar-refractivity contribution in [2.45, 2.75) is 0 Å². The number of hydrogen-bond acceptors (Lipinski definition) is 5. The van der Waals surface area contributed by atoms with Gasteiger partial charge < -0.3 is 5.11 Å². The van der Waals surface area contributed by atoms with Crippen LogP contribution in [0.2, 0.25) is 0 Å². The average Bonchev–Trinajstić information content (AvgIpc) is 2.04. The Morgan fingerprint density at radius 1 is 1.69 bits per heavy atom.